The van der Waals surface area contributed by atoms with Gasteiger partial charge in [0.05, 0.1) is 0 Å². The van der Waals surface area contributed by atoms with Crippen molar-refractivity contribution in [3.05, 3.63) is 94.8 Å². The number of hydrogen-bond acceptors (Lipinski definition) is 2. The van der Waals surface area contributed by atoms with Crippen LogP contribution in [0.3, 0.4) is 0 Å². The van der Waals surface area contributed by atoms with Gasteiger partial charge in [0.1, 0.15) is 18.2 Å². The molecule has 0 bridgehead atoms. The van der Waals surface area contributed by atoms with Crippen LogP contribution in [-0.2, 0) is 6.61 Å². The molecule has 0 unspecified atom stereocenters. The Morgan fingerprint density at radius 1 is 1.00 bits per heavy atom. The second kappa shape index (κ2) is 7.81. The predicted octanol–water partition coefficient (Wildman–Crippen LogP) is 5.31. The smallest absolute Gasteiger partial charge is 0.255 e. The summed E-state index contributed by atoms with van der Waals surface area (Å²) >= 11 is 5.84. The molecule has 0 saturated heterocycles. The molecule has 3 aromatic rings. The highest BCUT2D eigenvalue weighted by atomic mass is 35.5. The molecule has 126 valence electrons. The Bertz CT molecular complexity index is 864. The summed E-state index contributed by atoms with van der Waals surface area (Å²) < 4.78 is 18.8. The number of benzene rings is 3. The molecule has 0 saturated carbocycles. The largest absolute Gasteiger partial charge is 0.489 e. The SMILES string of the molecule is O=C(Nc1ccc(OCc2ccc(Cl)cc2)cc1)c1cccc(F)c1. The van der Waals surface area contributed by atoms with Crippen LogP contribution in [0.1, 0.15) is 15.9 Å². The molecule has 0 aliphatic carbocycles. The fraction of sp³-hybridized carbons (Fsp3) is 0.0500. The third-order valence-corrected chi connectivity index (χ3v) is 3.77. The van der Waals surface area contributed by atoms with E-state index in [1.165, 1.54) is 18.2 Å². The van der Waals surface area contributed by atoms with Crippen LogP contribution in [0, 0.1) is 5.82 Å². The van der Waals surface area contributed by atoms with Crippen molar-refractivity contribution in [3.63, 3.8) is 0 Å². The number of halogens is 2. The van der Waals surface area contributed by atoms with E-state index in [4.69, 9.17) is 16.3 Å². The van der Waals surface area contributed by atoms with E-state index in [1.54, 1.807) is 30.3 Å². The summed E-state index contributed by atoms with van der Waals surface area (Å²) in [4.78, 5) is 12.1. The fourth-order valence-corrected chi connectivity index (χ4v) is 2.34. The molecular weight excluding hydrogens is 341 g/mol. The van der Waals surface area contributed by atoms with E-state index in [9.17, 15) is 9.18 Å². The van der Waals surface area contributed by atoms with Crippen molar-refractivity contribution in [1.29, 1.82) is 0 Å². The molecule has 0 aromatic heterocycles. The molecule has 0 aliphatic heterocycles. The van der Waals surface area contributed by atoms with Crippen LogP contribution in [0.25, 0.3) is 0 Å². The maximum absolute atomic E-state index is 13.2. The van der Waals surface area contributed by atoms with E-state index in [0.29, 0.717) is 23.1 Å². The van der Waals surface area contributed by atoms with Crippen LogP contribution in [-0.4, -0.2) is 5.91 Å². The maximum Gasteiger partial charge on any atom is 0.255 e. The minimum Gasteiger partial charge on any atom is -0.489 e. The molecule has 1 N–H and O–H groups in total. The molecule has 0 radical (unpaired) electrons. The van der Waals surface area contributed by atoms with Gasteiger partial charge in [-0.2, -0.15) is 0 Å². The summed E-state index contributed by atoms with van der Waals surface area (Å²) in [5.74, 6) is -0.133. The zero-order valence-corrected chi connectivity index (χ0v) is 14.0. The Balaban J connectivity index is 1.58. The topological polar surface area (TPSA) is 38.3 Å². The highest BCUT2D eigenvalue weighted by molar-refractivity contribution is 6.30. The average Bonchev–Trinajstić information content (AvgIpc) is 2.62. The standard InChI is InChI=1S/C20H15ClFNO2/c21-16-6-4-14(5-7-16)13-25-19-10-8-18(9-11-19)23-20(24)15-2-1-3-17(22)12-15/h1-12H,13H2,(H,23,24). The second-order valence-electron chi connectivity index (χ2n) is 5.40. The average molecular weight is 356 g/mol. The van der Waals surface area contributed by atoms with Crippen molar-refractivity contribution < 1.29 is 13.9 Å². The van der Waals surface area contributed by atoms with Gasteiger partial charge in [0, 0.05) is 16.3 Å². The lowest BCUT2D eigenvalue weighted by atomic mass is 10.2. The van der Waals surface area contributed by atoms with Crippen molar-refractivity contribution in [2.45, 2.75) is 6.61 Å². The van der Waals surface area contributed by atoms with Gasteiger partial charge in [0.25, 0.3) is 5.91 Å². The number of hydrogen-bond donors (Lipinski definition) is 1. The quantitative estimate of drug-likeness (QED) is 0.673. The van der Waals surface area contributed by atoms with E-state index < -0.39 is 5.82 Å². The Kier molecular flexibility index (Phi) is 5.31. The van der Waals surface area contributed by atoms with Gasteiger partial charge >= 0.3 is 0 Å². The third-order valence-electron chi connectivity index (χ3n) is 3.52. The third kappa shape index (κ3) is 4.81. The van der Waals surface area contributed by atoms with E-state index in [0.717, 1.165) is 5.56 Å². The molecule has 1 amide bonds. The van der Waals surface area contributed by atoms with Crippen molar-refractivity contribution in [2.24, 2.45) is 0 Å². The lowest BCUT2D eigenvalue weighted by molar-refractivity contribution is 0.102. The predicted molar refractivity (Wildman–Crippen MR) is 96.6 cm³/mol. The summed E-state index contributed by atoms with van der Waals surface area (Å²) in [6, 6.07) is 19.9. The first-order valence-corrected chi connectivity index (χ1v) is 8.02. The Morgan fingerprint density at radius 2 is 1.72 bits per heavy atom. The van der Waals surface area contributed by atoms with Crippen LogP contribution in [0.2, 0.25) is 5.02 Å². The van der Waals surface area contributed by atoms with Gasteiger partial charge in [-0.1, -0.05) is 29.8 Å². The van der Waals surface area contributed by atoms with Gasteiger partial charge in [-0.3, -0.25) is 4.79 Å². The fourth-order valence-electron chi connectivity index (χ4n) is 2.21. The highest BCUT2D eigenvalue weighted by Crippen LogP contribution is 2.18. The van der Waals surface area contributed by atoms with E-state index >= 15 is 0 Å². The number of nitrogens with one attached hydrogen (secondary N) is 1. The number of rotatable bonds is 5. The van der Waals surface area contributed by atoms with Crippen molar-refractivity contribution in [2.75, 3.05) is 5.32 Å². The number of carbonyl (C=O) groups excluding carboxylic acids is 1. The minimum absolute atomic E-state index is 0.267. The normalized spacial score (nSPS) is 10.3. The molecule has 0 atom stereocenters. The number of amides is 1. The highest BCUT2D eigenvalue weighted by Gasteiger charge is 2.07. The first kappa shape index (κ1) is 17.0. The van der Waals surface area contributed by atoms with Gasteiger partial charge in [0.2, 0.25) is 0 Å². The summed E-state index contributed by atoms with van der Waals surface area (Å²) in [6.07, 6.45) is 0. The van der Waals surface area contributed by atoms with Crippen molar-refractivity contribution in [1.82, 2.24) is 0 Å². The van der Waals surface area contributed by atoms with Crippen LogP contribution in [0.15, 0.2) is 72.8 Å². The number of carbonyl (C=O) groups is 1. The molecule has 3 nitrogen and oxygen atoms in total. The molecule has 0 heterocycles. The Hall–Kier alpha value is -2.85. The molecule has 0 fully saturated rings. The summed E-state index contributed by atoms with van der Waals surface area (Å²) in [6.45, 7) is 0.423. The van der Waals surface area contributed by atoms with Crippen LogP contribution in [0.4, 0.5) is 10.1 Å². The molecular formula is C20H15ClFNO2. The Morgan fingerprint density at radius 3 is 2.40 bits per heavy atom. The molecule has 0 aliphatic rings. The number of ether oxygens (including phenoxy) is 1. The molecule has 3 aromatic carbocycles. The van der Waals surface area contributed by atoms with Gasteiger partial charge in [-0.05, 0) is 60.2 Å². The van der Waals surface area contributed by atoms with E-state index in [1.807, 2.05) is 24.3 Å². The Labute approximate surface area is 150 Å². The molecule has 3 rings (SSSR count). The summed E-state index contributed by atoms with van der Waals surface area (Å²) in [5.41, 5.74) is 1.88. The van der Waals surface area contributed by atoms with E-state index in [2.05, 4.69) is 5.32 Å². The molecule has 0 spiro atoms. The van der Waals surface area contributed by atoms with Crippen molar-refractivity contribution >= 4 is 23.2 Å². The van der Waals surface area contributed by atoms with Gasteiger partial charge in [-0.15, -0.1) is 0 Å². The lowest BCUT2D eigenvalue weighted by Crippen LogP contribution is -2.11. The lowest BCUT2D eigenvalue weighted by Gasteiger charge is -2.09. The van der Waals surface area contributed by atoms with Gasteiger partial charge in [0.15, 0.2) is 0 Å². The number of anilines is 1. The van der Waals surface area contributed by atoms with E-state index in [-0.39, 0.29) is 11.5 Å². The molecule has 25 heavy (non-hydrogen) atoms. The zero-order chi connectivity index (χ0) is 17.6. The maximum atomic E-state index is 13.2. The first-order chi connectivity index (χ1) is 12.1. The van der Waals surface area contributed by atoms with Crippen LogP contribution >= 0.6 is 11.6 Å². The van der Waals surface area contributed by atoms with Crippen LogP contribution < -0.4 is 10.1 Å². The van der Waals surface area contributed by atoms with Gasteiger partial charge in [-0.25, -0.2) is 4.39 Å². The molecule has 5 heteroatoms. The first-order valence-electron chi connectivity index (χ1n) is 7.64. The van der Waals surface area contributed by atoms with Gasteiger partial charge < -0.3 is 10.1 Å². The minimum atomic E-state index is -0.446. The second-order valence-corrected chi connectivity index (χ2v) is 5.84. The zero-order valence-electron chi connectivity index (χ0n) is 13.2. The van der Waals surface area contributed by atoms with Crippen molar-refractivity contribution in [3.8, 4) is 5.75 Å². The monoisotopic (exact) mass is 355 g/mol. The summed E-state index contributed by atoms with van der Waals surface area (Å²) in [5, 5.41) is 3.40. The van der Waals surface area contributed by atoms with Crippen LogP contribution in [0.5, 0.6) is 5.75 Å². The summed E-state index contributed by atoms with van der Waals surface area (Å²) in [7, 11) is 0.